The maximum absolute atomic E-state index is 10.1. The van der Waals surface area contributed by atoms with Crippen molar-refractivity contribution < 1.29 is 14.0 Å². The molecule has 0 amide bonds. The van der Waals surface area contributed by atoms with Gasteiger partial charge in [0.1, 0.15) is 23.7 Å². The van der Waals surface area contributed by atoms with E-state index in [1.807, 2.05) is 31.2 Å². The Morgan fingerprint density at radius 2 is 2.00 bits per heavy atom. The van der Waals surface area contributed by atoms with Crippen LogP contribution in [-0.2, 0) is 11.3 Å². The lowest BCUT2D eigenvalue weighted by molar-refractivity contribution is 0.0342. The van der Waals surface area contributed by atoms with E-state index in [2.05, 4.69) is 11.0 Å². The van der Waals surface area contributed by atoms with Gasteiger partial charge < -0.3 is 14.0 Å². The van der Waals surface area contributed by atoms with Gasteiger partial charge in [0, 0.05) is 19.6 Å². The molecule has 0 bridgehead atoms. The molecule has 0 aliphatic carbocycles. The lowest BCUT2D eigenvalue weighted by atomic mass is 9.98. The minimum atomic E-state index is 0.285. The summed E-state index contributed by atoms with van der Waals surface area (Å²) >= 11 is 0.834. The summed E-state index contributed by atoms with van der Waals surface area (Å²) in [7, 11) is 0. The van der Waals surface area contributed by atoms with E-state index in [1.54, 1.807) is 6.07 Å². The van der Waals surface area contributed by atoms with Crippen molar-refractivity contribution in [2.45, 2.75) is 13.5 Å². The van der Waals surface area contributed by atoms with E-state index >= 15 is 0 Å². The number of morpholine rings is 1. The molecule has 1 saturated heterocycles. The van der Waals surface area contributed by atoms with Crippen LogP contribution in [0.4, 0.5) is 0 Å². The summed E-state index contributed by atoms with van der Waals surface area (Å²) in [5.41, 5.74) is 4.25. The van der Waals surface area contributed by atoms with Gasteiger partial charge in [-0.1, -0.05) is 6.07 Å². The van der Waals surface area contributed by atoms with Gasteiger partial charge in [-0.15, -0.1) is 0 Å². The molecule has 0 aromatic heterocycles. The molecule has 0 atom stereocenters. The number of aromatic hydroxyl groups is 1. The first-order valence-corrected chi connectivity index (χ1v) is 8.73. The Hall–Kier alpha value is -1.73. The number of aryl methyl sites for hydroxylation is 1. The molecule has 3 rings (SSSR count). The Bertz CT molecular complexity index is 703. The molecule has 1 aliphatic heterocycles. The maximum atomic E-state index is 10.1. The van der Waals surface area contributed by atoms with Gasteiger partial charge in [-0.3, -0.25) is 4.90 Å². The molecular weight excluding hydrogens is 324 g/mol. The standard InChI is InChI=1S/C18H22N2O3S/c1-13-8-17(23-24-19)2-3-18(13)15-9-14(10-16(21)11-15)12-20-4-6-22-7-5-20/h2-3,8-11,21H,4-7,12,19H2,1H3. The van der Waals surface area contributed by atoms with Crippen molar-refractivity contribution in [3.05, 3.63) is 47.5 Å². The second-order valence-electron chi connectivity index (χ2n) is 5.93. The summed E-state index contributed by atoms with van der Waals surface area (Å²) in [4.78, 5) is 2.34. The first-order valence-electron chi connectivity index (χ1n) is 7.93. The van der Waals surface area contributed by atoms with Crippen LogP contribution in [-0.4, -0.2) is 36.3 Å². The Morgan fingerprint density at radius 1 is 1.21 bits per heavy atom. The van der Waals surface area contributed by atoms with Crippen LogP contribution in [0.15, 0.2) is 36.4 Å². The molecule has 2 aromatic rings. The number of rotatable bonds is 5. The highest BCUT2D eigenvalue weighted by molar-refractivity contribution is 7.92. The Kier molecular flexibility index (Phi) is 5.63. The third-order valence-corrected chi connectivity index (χ3v) is 4.43. The molecule has 1 heterocycles. The number of nitrogens with two attached hydrogens (primary N) is 1. The molecule has 3 N–H and O–H groups in total. The average Bonchev–Trinajstić information content (AvgIpc) is 2.55. The van der Waals surface area contributed by atoms with E-state index < -0.39 is 0 Å². The van der Waals surface area contributed by atoms with Crippen LogP contribution in [0.3, 0.4) is 0 Å². The highest BCUT2D eigenvalue weighted by Gasteiger charge is 2.13. The minimum Gasteiger partial charge on any atom is -0.508 e. The van der Waals surface area contributed by atoms with Crippen LogP contribution in [0.25, 0.3) is 11.1 Å². The zero-order chi connectivity index (χ0) is 16.9. The SMILES string of the molecule is Cc1cc(OSN)ccc1-c1cc(O)cc(CN2CCOCC2)c1. The van der Waals surface area contributed by atoms with E-state index in [4.69, 9.17) is 14.1 Å². The highest BCUT2D eigenvalue weighted by Crippen LogP contribution is 2.31. The summed E-state index contributed by atoms with van der Waals surface area (Å²) < 4.78 is 10.6. The van der Waals surface area contributed by atoms with Crippen molar-refractivity contribution in [2.75, 3.05) is 26.3 Å². The number of hydrogen-bond acceptors (Lipinski definition) is 6. The van der Waals surface area contributed by atoms with Gasteiger partial charge in [-0.25, -0.2) is 5.14 Å². The molecule has 24 heavy (non-hydrogen) atoms. The molecule has 0 unspecified atom stereocenters. The van der Waals surface area contributed by atoms with Crippen molar-refractivity contribution in [1.82, 2.24) is 4.90 Å². The van der Waals surface area contributed by atoms with Crippen molar-refractivity contribution >= 4 is 12.2 Å². The number of phenolic OH excluding ortho intramolecular Hbond substituents is 1. The number of ether oxygens (including phenoxy) is 1. The lowest BCUT2D eigenvalue weighted by Crippen LogP contribution is -2.35. The van der Waals surface area contributed by atoms with Gasteiger partial charge in [-0.2, -0.15) is 0 Å². The summed E-state index contributed by atoms with van der Waals surface area (Å²) in [5, 5.41) is 15.5. The second-order valence-corrected chi connectivity index (χ2v) is 6.29. The van der Waals surface area contributed by atoms with E-state index in [1.165, 1.54) is 0 Å². The van der Waals surface area contributed by atoms with Crippen LogP contribution >= 0.6 is 12.2 Å². The van der Waals surface area contributed by atoms with E-state index in [9.17, 15) is 5.11 Å². The Morgan fingerprint density at radius 3 is 2.71 bits per heavy atom. The van der Waals surface area contributed by atoms with Gasteiger partial charge in [-0.05, 0) is 59.5 Å². The number of hydrogen-bond donors (Lipinski definition) is 2. The topological polar surface area (TPSA) is 68.0 Å². The monoisotopic (exact) mass is 346 g/mol. The zero-order valence-electron chi connectivity index (χ0n) is 13.7. The van der Waals surface area contributed by atoms with E-state index in [0.29, 0.717) is 0 Å². The fourth-order valence-electron chi connectivity index (χ4n) is 3.01. The van der Waals surface area contributed by atoms with Crippen LogP contribution in [0.2, 0.25) is 0 Å². The first-order chi connectivity index (χ1) is 11.7. The summed E-state index contributed by atoms with van der Waals surface area (Å²) in [6.07, 6.45) is 0. The van der Waals surface area contributed by atoms with Gasteiger partial charge in [0.15, 0.2) is 0 Å². The molecule has 0 spiro atoms. The molecule has 6 heteroatoms. The number of nitrogens with zero attached hydrogens (tertiary/aromatic N) is 1. The van der Waals surface area contributed by atoms with Crippen molar-refractivity contribution in [1.29, 1.82) is 0 Å². The third kappa shape index (κ3) is 4.21. The molecule has 5 nitrogen and oxygen atoms in total. The van der Waals surface area contributed by atoms with E-state index in [0.717, 1.165) is 73.1 Å². The molecule has 2 aromatic carbocycles. The van der Waals surface area contributed by atoms with Crippen molar-refractivity contribution in [2.24, 2.45) is 5.14 Å². The average molecular weight is 346 g/mol. The second kappa shape index (κ2) is 7.90. The van der Waals surface area contributed by atoms with Gasteiger partial charge in [0.25, 0.3) is 0 Å². The largest absolute Gasteiger partial charge is 0.508 e. The summed E-state index contributed by atoms with van der Waals surface area (Å²) in [6.45, 7) is 6.22. The van der Waals surface area contributed by atoms with Gasteiger partial charge >= 0.3 is 0 Å². The zero-order valence-corrected chi connectivity index (χ0v) is 14.5. The van der Waals surface area contributed by atoms with Gasteiger partial charge in [0.05, 0.1) is 13.2 Å². The van der Waals surface area contributed by atoms with Crippen molar-refractivity contribution in [3.63, 3.8) is 0 Å². The van der Waals surface area contributed by atoms with Crippen LogP contribution in [0.5, 0.6) is 11.5 Å². The predicted octanol–water partition coefficient (Wildman–Crippen LogP) is 3.10. The summed E-state index contributed by atoms with van der Waals surface area (Å²) in [5.74, 6) is 1.01. The Labute approximate surface area is 146 Å². The molecular formula is C18H22N2O3S. The van der Waals surface area contributed by atoms with E-state index in [-0.39, 0.29) is 5.75 Å². The smallest absolute Gasteiger partial charge is 0.140 e. The Balaban J connectivity index is 1.85. The summed E-state index contributed by atoms with van der Waals surface area (Å²) in [6, 6.07) is 11.6. The normalized spacial score (nSPS) is 15.4. The number of phenols is 1. The van der Waals surface area contributed by atoms with Gasteiger partial charge in [0.2, 0.25) is 0 Å². The fraction of sp³-hybridized carbons (Fsp3) is 0.333. The van der Waals surface area contributed by atoms with Crippen LogP contribution in [0.1, 0.15) is 11.1 Å². The molecule has 1 fully saturated rings. The first kappa shape index (κ1) is 17.1. The molecule has 0 saturated carbocycles. The van der Waals surface area contributed by atoms with Crippen molar-refractivity contribution in [3.8, 4) is 22.6 Å². The third-order valence-electron chi connectivity index (χ3n) is 4.14. The minimum absolute atomic E-state index is 0.285. The molecule has 128 valence electrons. The molecule has 1 aliphatic rings. The predicted molar refractivity (Wildman–Crippen MR) is 96.8 cm³/mol. The number of benzene rings is 2. The maximum Gasteiger partial charge on any atom is 0.140 e. The van der Waals surface area contributed by atoms with Crippen LogP contribution in [0, 0.1) is 6.92 Å². The lowest BCUT2D eigenvalue weighted by Gasteiger charge is -2.26. The van der Waals surface area contributed by atoms with Crippen LogP contribution < -0.4 is 9.32 Å². The highest BCUT2D eigenvalue weighted by atomic mass is 32.2. The fourth-order valence-corrected chi connectivity index (χ4v) is 3.22. The molecule has 0 radical (unpaired) electrons. The quantitative estimate of drug-likeness (QED) is 0.640.